The third-order valence-electron chi connectivity index (χ3n) is 5.08. The second-order valence-electron chi connectivity index (χ2n) is 7.07. The Morgan fingerprint density at radius 1 is 1.48 bits per heavy atom. The topological polar surface area (TPSA) is 50.1 Å². The average Bonchev–Trinajstić information content (AvgIpc) is 3.20. The van der Waals surface area contributed by atoms with Crippen LogP contribution in [0.1, 0.15) is 43.1 Å². The largest absolute Gasteiger partial charge is 0.384 e. The summed E-state index contributed by atoms with van der Waals surface area (Å²) in [6.07, 6.45) is 4.78. The monoisotopic (exact) mass is 333 g/mol. The van der Waals surface area contributed by atoms with Gasteiger partial charge >= 0.3 is 0 Å². The average molecular weight is 334 g/mol. The van der Waals surface area contributed by atoms with Gasteiger partial charge in [0.15, 0.2) is 0 Å². The third kappa shape index (κ3) is 3.84. The van der Waals surface area contributed by atoms with E-state index in [1.165, 1.54) is 25.0 Å². The zero-order valence-corrected chi connectivity index (χ0v) is 15.1. The third-order valence-corrected chi connectivity index (χ3v) is 5.76. The fourth-order valence-corrected chi connectivity index (χ4v) is 4.46. The highest BCUT2D eigenvalue weighted by atomic mass is 32.1. The van der Waals surface area contributed by atoms with Crippen molar-refractivity contribution < 1.29 is 5.11 Å². The molecule has 23 heavy (non-hydrogen) atoms. The fourth-order valence-electron chi connectivity index (χ4n) is 3.68. The molecule has 5 heteroatoms. The lowest BCUT2D eigenvalue weighted by atomic mass is 9.95. The van der Waals surface area contributed by atoms with Gasteiger partial charge in [-0.05, 0) is 67.5 Å². The van der Waals surface area contributed by atoms with Crippen molar-refractivity contribution in [3.8, 4) is 0 Å². The number of aryl methyl sites for hydroxylation is 2. The minimum absolute atomic E-state index is 0.482. The van der Waals surface area contributed by atoms with Gasteiger partial charge in [0, 0.05) is 25.3 Å². The molecule has 3 atom stereocenters. The molecule has 0 spiro atoms. The predicted molar refractivity (Wildman–Crippen MR) is 94.7 cm³/mol. The molecule has 1 aliphatic carbocycles. The summed E-state index contributed by atoms with van der Waals surface area (Å²) in [7, 11) is 2.03. The first-order chi connectivity index (χ1) is 11.0. The maximum atomic E-state index is 10.7. The highest BCUT2D eigenvalue weighted by Crippen LogP contribution is 2.30. The summed E-state index contributed by atoms with van der Waals surface area (Å²) < 4.78 is 2.01. The smallest absolute Gasteiger partial charge is 0.1000 e. The van der Waals surface area contributed by atoms with Crippen LogP contribution in [0.2, 0.25) is 0 Å². The van der Waals surface area contributed by atoms with E-state index < -0.39 is 5.60 Å². The quantitative estimate of drug-likeness (QED) is 0.854. The van der Waals surface area contributed by atoms with E-state index in [2.05, 4.69) is 16.5 Å². The molecule has 2 aromatic rings. The van der Waals surface area contributed by atoms with Crippen molar-refractivity contribution >= 4 is 11.3 Å². The molecule has 0 saturated heterocycles. The Morgan fingerprint density at radius 3 is 2.96 bits per heavy atom. The van der Waals surface area contributed by atoms with Crippen molar-refractivity contribution in [3.05, 3.63) is 39.8 Å². The van der Waals surface area contributed by atoms with Gasteiger partial charge in [0.1, 0.15) is 0 Å². The molecule has 2 aromatic heterocycles. The van der Waals surface area contributed by atoms with Crippen LogP contribution >= 0.6 is 11.3 Å². The normalized spacial score (nSPS) is 24.0. The van der Waals surface area contributed by atoms with Crippen molar-refractivity contribution in [1.82, 2.24) is 15.1 Å². The lowest BCUT2D eigenvalue weighted by molar-refractivity contribution is 0.0526. The molecule has 0 aromatic carbocycles. The van der Waals surface area contributed by atoms with Gasteiger partial charge in [0.2, 0.25) is 0 Å². The van der Waals surface area contributed by atoms with Gasteiger partial charge in [-0.1, -0.05) is 6.42 Å². The van der Waals surface area contributed by atoms with Crippen LogP contribution in [0.3, 0.4) is 0 Å². The molecule has 3 unspecified atom stereocenters. The Balaban J connectivity index is 1.60. The van der Waals surface area contributed by atoms with E-state index >= 15 is 0 Å². The zero-order valence-electron chi connectivity index (χ0n) is 14.2. The van der Waals surface area contributed by atoms with E-state index in [1.54, 1.807) is 11.3 Å². The van der Waals surface area contributed by atoms with Gasteiger partial charge in [-0.2, -0.15) is 16.4 Å². The van der Waals surface area contributed by atoms with Crippen LogP contribution in [0.25, 0.3) is 0 Å². The molecule has 0 aliphatic heterocycles. The van der Waals surface area contributed by atoms with E-state index in [0.717, 1.165) is 17.7 Å². The number of thiophene rings is 1. The molecule has 0 radical (unpaired) electrons. The molecule has 0 bridgehead atoms. The highest BCUT2D eigenvalue weighted by molar-refractivity contribution is 7.08. The zero-order chi connectivity index (χ0) is 16.4. The molecule has 2 N–H and O–H groups in total. The van der Waals surface area contributed by atoms with Gasteiger partial charge < -0.3 is 10.4 Å². The second kappa shape index (κ2) is 6.75. The van der Waals surface area contributed by atoms with Crippen LogP contribution in [0.5, 0.6) is 0 Å². The van der Waals surface area contributed by atoms with Crippen molar-refractivity contribution in [2.24, 2.45) is 13.0 Å². The van der Waals surface area contributed by atoms with Crippen molar-refractivity contribution in [2.75, 3.05) is 6.54 Å². The van der Waals surface area contributed by atoms with Crippen LogP contribution in [-0.2, 0) is 19.1 Å². The fraction of sp³-hybridized carbons (Fsp3) is 0.611. The summed E-state index contributed by atoms with van der Waals surface area (Å²) in [5, 5.41) is 22.8. The maximum absolute atomic E-state index is 10.7. The highest BCUT2D eigenvalue weighted by Gasteiger charge is 2.31. The van der Waals surface area contributed by atoms with E-state index in [4.69, 9.17) is 0 Å². The standard InChI is InChI=1S/C18H27N3OS/c1-13-9-16(21(3)20-13)10-14-5-4-6-17(14)19-12-18(2,22)15-7-8-23-11-15/h7-9,11,14,17,19,22H,4-6,10,12H2,1-3H3. The summed E-state index contributed by atoms with van der Waals surface area (Å²) in [6, 6.07) is 4.68. The number of nitrogens with zero attached hydrogens (tertiary/aromatic N) is 2. The Morgan fingerprint density at radius 2 is 2.30 bits per heavy atom. The number of nitrogens with one attached hydrogen (secondary N) is 1. The molecule has 3 rings (SSSR count). The summed E-state index contributed by atoms with van der Waals surface area (Å²) in [5.74, 6) is 0.628. The molecule has 1 aliphatic rings. The van der Waals surface area contributed by atoms with Crippen molar-refractivity contribution in [2.45, 2.75) is 51.2 Å². The number of aliphatic hydroxyl groups is 1. The SMILES string of the molecule is Cc1cc(CC2CCCC2NCC(C)(O)c2ccsc2)n(C)n1. The van der Waals surface area contributed by atoms with Crippen LogP contribution in [0.15, 0.2) is 22.9 Å². The van der Waals surface area contributed by atoms with Gasteiger partial charge in [-0.15, -0.1) is 0 Å². The van der Waals surface area contributed by atoms with Crippen LogP contribution in [0.4, 0.5) is 0 Å². The second-order valence-corrected chi connectivity index (χ2v) is 7.85. The van der Waals surface area contributed by atoms with E-state index in [9.17, 15) is 5.11 Å². The molecule has 4 nitrogen and oxygen atoms in total. The summed E-state index contributed by atoms with van der Waals surface area (Å²) in [6.45, 7) is 4.55. The Kier molecular flexibility index (Phi) is 4.90. The van der Waals surface area contributed by atoms with Gasteiger partial charge in [-0.25, -0.2) is 0 Å². The first kappa shape index (κ1) is 16.7. The van der Waals surface area contributed by atoms with Crippen LogP contribution in [0, 0.1) is 12.8 Å². The Labute approximate surface area is 142 Å². The molecule has 2 heterocycles. The first-order valence-corrected chi connectivity index (χ1v) is 9.38. The molecular formula is C18H27N3OS. The van der Waals surface area contributed by atoms with Crippen LogP contribution in [-0.4, -0.2) is 27.5 Å². The number of rotatable bonds is 6. The molecule has 1 fully saturated rings. The molecular weight excluding hydrogens is 306 g/mol. The minimum Gasteiger partial charge on any atom is -0.384 e. The van der Waals surface area contributed by atoms with Crippen molar-refractivity contribution in [3.63, 3.8) is 0 Å². The number of aromatic nitrogens is 2. The summed E-state index contributed by atoms with van der Waals surface area (Å²) in [5.41, 5.74) is 2.61. The van der Waals surface area contributed by atoms with E-state index in [-0.39, 0.29) is 0 Å². The molecule has 126 valence electrons. The lowest BCUT2D eigenvalue weighted by Crippen LogP contribution is -2.42. The predicted octanol–water partition coefficient (Wildman–Crippen LogP) is 3.00. The maximum Gasteiger partial charge on any atom is 0.1000 e. The summed E-state index contributed by atoms with van der Waals surface area (Å²) >= 11 is 1.63. The first-order valence-electron chi connectivity index (χ1n) is 8.43. The van der Waals surface area contributed by atoms with E-state index in [1.807, 2.05) is 42.4 Å². The Bertz CT molecular complexity index is 633. The minimum atomic E-state index is -0.795. The summed E-state index contributed by atoms with van der Waals surface area (Å²) in [4.78, 5) is 0. The molecule has 1 saturated carbocycles. The van der Waals surface area contributed by atoms with Gasteiger partial charge in [0.25, 0.3) is 0 Å². The van der Waals surface area contributed by atoms with Crippen LogP contribution < -0.4 is 5.32 Å². The van der Waals surface area contributed by atoms with Gasteiger partial charge in [0.05, 0.1) is 11.3 Å². The van der Waals surface area contributed by atoms with Gasteiger partial charge in [-0.3, -0.25) is 4.68 Å². The Hall–Kier alpha value is -1.17. The van der Waals surface area contributed by atoms with E-state index in [0.29, 0.717) is 18.5 Å². The number of hydrogen-bond donors (Lipinski definition) is 2. The number of hydrogen-bond acceptors (Lipinski definition) is 4. The lowest BCUT2D eigenvalue weighted by Gasteiger charge is -2.28. The van der Waals surface area contributed by atoms with Crippen molar-refractivity contribution in [1.29, 1.82) is 0 Å². The molecule has 0 amide bonds.